The Kier molecular flexibility index (Phi) is 5.89. The minimum atomic E-state index is -0.201. The van der Waals surface area contributed by atoms with Crippen molar-refractivity contribution in [3.05, 3.63) is 24.3 Å². The Bertz CT molecular complexity index is 504. The van der Waals surface area contributed by atoms with Gasteiger partial charge in [-0.2, -0.15) is 11.8 Å². The van der Waals surface area contributed by atoms with Crippen LogP contribution in [0.5, 0.6) is 5.75 Å². The van der Waals surface area contributed by atoms with Gasteiger partial charge in [0.05, 0.1) is 6.04 Å². The quantitative estimate of drug-likeness (QED) is 0.736. The van der Waals surface area contributed by atoms with Crippen LogP contribution in [0.1, 0.15) is 0 Å². The van der Waals surface area contributed by atoms with Crippen molar-refractivity contribution in [2.24, 2.45) is 0 Å². The van der Waals surface area contributed by atoms with E-state index in [-0.39, 0.29) is 24.5 Å². The first-order valence-corrected chi connectivity index (χ1v) is 7.90. The summed E-state index contributed by atoms with van der Waals surface area (Å²) in [4.78, 5) is 23.2. The summed E-state index contributed by atoms with van der Waals surface area (Å²) in [5.74, 6) is 2.10. The molecule has 1 unspecified atom stereocenters. The average Bonchev–Trinajstić information content (AvgIpc) is 2.53. The number of amides is 2. The molecule has 21 heavy (non-hydrogen) atoms. The first kappa shape index (κ1) is 15.7. The number of anilines is 1. The van der Waals surface area contributed by atoms with Gasteiger partial charge in [-0.15, -0.1) is 0 Å². The lowest BCUT2D eigenvalue weighted by Gasteiger charge is -2.22. The second-order valence-corrected chi connectivity index (χ2v) is 5.71. The Morgan fingerprint density at radius 1 is 1.48 bits per heavy atom. The molecular weight excluding hydrogens is 290 g/mol. The van der Waals surface area contributed by atoms with Crippen molar-refractivity contribution in [2.45, 2.75) is 6.04 Å². The van der Waals surface area contributed by atoms with Crippen LogP contribution in [0.3, 0.4) is 0 Å². The fraction of sp³-hybridized carbons (Fsp3) is 0.429. The van der Waals surface area contributed by atoms with E-state index in [9.17, 15) is 9.59 Å². The summed E-state index contributed by atoms with van der Waals surface area (Å²) in [6.45, 7) is 0.798. The molecular formula is C14H19N3O3S. The molecule has 3 N–H and O–H groups in total. The Labute approximate surface area is 128 Å². The molecule has 1 atom stereocenters. The van der Waals surface area contributed by atoms with Crippen LogP contribution >= 0.6 is 11.8 Å². The van der Waals surface area contributed by atoms with Crippen molar-refractivity contribution in [1.82, 2.24) is 10.6 Å². The summed E-state index contributed by atoms with van der Waals surface area (Å²) < 4.78 is 5.34. The number of nitrogens with one attached hydrogen (secondary N) is 3. The number of ether oxygens (including phenoxy) is 1. The number of benzene rings is 1. The molecule has 1 aliphatic heterocycles. The van der Waals surface area contributed by atoms with Gasteiger partial charge in [0.1, 0.15) is 5.75 Å². The van der Waals surface area contributed by atoms with E-state index in [2.05, 4.69) is 16.0 Å². The molecule has 0 spiro atoms. The van der Waals surface area contributed by atoms with Gasteiger partial charge in [0, 0.05) is 36.9 Å². The summed E-state index contributed by atoms with van der Waals surface area (Å²) in [5.41, 5.74) is 0.659. The molecule has 114 valence electrons. The molecule has 1 heterocycles. The van der Waals surface area contributed by atoms with E-state index in [0.717, 1.165) is 18.1 Å². The smallest absolute Gasteiger partial charge is 0.257 e. The van der Waals surface area contributed by atoms with E-state index < -0.39 is 0 Å². The highest BCUT2D eigenvalue weighted by atomic mass is 32.2. The number of hydrogen-bond donors (Lipinski definition) is 3. The molecule has 1 saturated heterocycles. The van der Waals surface area contributed by atoms with Gasteiger partial charge >= 0.3 is 0 Å². The number of rotatable bonds is 5. The maximum Gasteiger partial charge on any atom is 0.257 e. The number of thioether (sulfide) groups is 1. The average molecular weight is 309 g/mol. The zero-order chi connectivity index (χ0) is 15.1. The summed E-state index contributed by atoms with van der Waals surface area (Å²) >= 11 is 1.77. The van der Waals surface area contributed by atoms with E-state index >= 15 is 0 Å². The lowest BCUT2D eigenvalue weighted by atomic mass is 10.2. The third-order valence-corrected chi connectivity index (χ3v) is 4.05. The number of carbonyl (C=O) groups excluding carboxylic acids is 2. The highest BCUT2D eigenvalue weighted by molar-refractivity contribution is 7.99. The molecule has 2 rings (SSSR count). The Hall–Kier alpha value is -1.73. The van der Waals surface area contributed by atoms with Crippen molar-refractivity contribution < 1.29 is 14.3 Å². The monoisotopic (exact) mass is 309 g/mol. The van der Waals surface area contributed by atoms with Gasteiger partial charge in [-0.05, 0) is 12.1 Å². The topological polar surface area (TPSA) is 79.5 Å². The number of hydrogen-bond acceptors (Lipinski definition) is 5. The Morgan fingerprint density at radius 2 is 2.33 bits per heavy atom. The van der Waals surface area contributed by atoms with Crippen LogP contribution in [-0.4, -0.2) is 49.6 Å². The van der Waals surface area contributed by atoms with Crippen LogP contribution in [0.4, 0.5) is 5.69 Å². The molecule has 1 aromatic carbocycles. The molecule has 0 aromatic heterocycles. The van der Waals surface area contributed by atoms with Crippen molar-refractivity contribution in [2.75, 3.05) is 37.0 Å². The second kappa shape index (κ2) is 7.90. The van der Waals surface area contributed by atoms with Crippen LogP contribution < -0.4 is 20.7 Å². The van der Waals surface area contributed by atoms with Crippen LogP contribution in [0.15, 0.2) is 24.3 Å². The van der Waals surface area contributed by atoms with Gasteiger partial charge in [0.2, 0.25) is 5.91 Å². The molecule has 0 saturated carbocycles. The minimum Gasteiger partial charge on any atom is -0.484 e. The van der Waals surface area contributed by atoms with Crippen LogP contribution in [0.25, 0.3) is 0 Å². The molecule has 0 radical (unpaired) electrons. The van der Waals surface area contributed by atoms with E-state index in [0.29, 0.717) is 11.4 Å². The fourth-order valence-corrected chi connectivity index (χ4v) is 2.78. The molecule has 1 fully saturated rings. The number of carbonyl (C=O) groups is 2. The lowest BCUT2D eigenvalue weighted by molar-refractivity contribution is -0.122. The fourth-order valence-electron chi connectivity index (χ4n) is 1.85. The van der Waals surface area contributed by atoms with E-state index in [4.69, 9.17) is 4.74 Å². The second-order valence-electron chi connectivity index (χ2n) is 4.56. The van der Waals surface area contributed by atoms with Gasteiger partial charge in [-0.1, -0.05) is 6.07 Å². The third-order valence-electron chi connectivity index (χ3n) is 2.99. The first-order chi connectivity index (χ1) is 10.2. The van der Waals surface area contributed by atoms with Crippen molar-refractivity contribution in [1.29, 1.82) is 0 Å². The third kappa shape index (κ3) is 4.95. The maximum atomic E-state index is 12.1. The highest BCUT2D eigenvalue weighted by Gasteiger charge is 2.20. The SMILES string of the molecule is CNC(=O)COc1cccc(NC(=O)C2CSCCN2)c1. The maximum absolute atomic E-state index is 12.1. The van der Waals surface area contributed by atoms with Crippen molar-refractivity contribution in [3.8, 4) is 5.75 Å². The van der Waals surface area contributed by atoms with Crippen molar-refractivity contribution in [3.63, 3.8) is 0 Å². The predicted octanol–water partition coefficient (Wildman–Crippen LogP) is 0.455. The summed E-state index contributed by atoms with van der Waals surface area (Å²) in [7, 11) is 1.55. The van der Waals surface area contributed by atoms with Gasteiger partial charge in [-0.25, -0.2) is 0 Å². The highest BCUT2D eigenvalue weighted by Crippen LogP contribution is 2.18. The van der Waals surface area contributed by atoms with Crippen molar-refractivity contribution >= 4 is 29.3 Å². The van der Waals surface area contributed by atoms with Crippen LogP contribution in [0.2, 0.25) is 0 Å². The normalized spacial score (nSPS) is 17.9. The number of likely N-dealkylation sites (N-methyl/N-ethyl adjacent to an activating group) is 1. The molecule has 1 aliphatic rings. The molecule has 2 amide bonds. The Balaban J connectivity index is 1.90. The first-order valence-electron chi connectivity index (χ1n) is 6.74. The standard InChI is InChI=1S/C14H19N3O3S/c1-15-13(18)8-20-11-4-2-3-10(7-11)17-14(19)12-9-21-6-5-16-12/h2-4,7,12,16H,5-6,8-9H2,1H3,(H,15,18)(H,17,19). The molecule has 6 nitrogen and oxygen atoms in total. The predicted molar refractivity (Wildman–Crippen MR) is 83.7 cm³/mol. The minimum absolute atomic E-state index is 0.0469. The zero-order valence-electron chi connectivity index (χ0n) is 11.8. The van der Waals surface area contributed by atoms with Gasteiger partial charge in [-0.3, -0.25) is 9.59 Å². The zero-order valence-corrected chi connectivity index (χ0v) is 12.7. The van der Waals surface area contributed by atoms with Gasteiger partial charge in [0.15, 0.2) is 6.61 Å². The lowest BCUT2D eigenvalue weighted by Crippen LogP contribution is -2.46. The summed E-state index contributed by atoms with van der Waals surface area (Å²) in [6.07, 6.45) is 0. The Morgan fingerprint density at radius 3 is 3.05 bits per heavy atom. The van der Waals surface area contributed by atoms with Gasteiger partial charge in [0.25, 0.3) is 5.91 Å². The van der Waals surface area contributed by atoms with E-state index in [1.54, 1.807) is 43.1 Å². The molecule has 0 aliphatic carbocycles. The molecule has 0 bridgehead atoms. The molecule has 7 heteroatoms. The van der Waals surface area contributed by atoms with Crippen LogP contribution in [0, 0.1) is 0 Å². The molecule has 1 aromatic rings. The summed E-state index contributed by atoms with van der Waals surface area (Å²) in [5, 5.41) is 8.52. The summed E-state index contributed by atoms with van der Waals surface area (Å²) in [6, 6.07) is 6.85. The van der Waals surface area contributed by atoms with E-state index in [1.807, 2.05) is 0 Å². The van der Waals surface area contributed by atoms with Crippen LogP contribution in [-0.2, 0) is 9.59 Å². The van der Waals surface area contributed by atoms with E-state index in [1.165, 1.54) is 0 Å². The largest absolute Gasteiger partial charge is 0.484 e. The van der Waals surface area contributed by atoms with Gasteiger partial charge < -0.3 is 20.7 Å².